The molecule has 0 saturated heterocycles. The van der Waals surface area contributed by atoms with E-state index in [0.717, 1.165) is 12.8 Å². The van der Waals surface area contributed by atoms with Crippen molar-refractivity contribution in [3.8, 4) is 6.01 Å². The molecule has 0 spiro atoms. The van der Waals surface area contributed by atoms with E-state index in [1.54, 1.807) is 36.0 Å². The van der Waals surface area contributed by atoms with Crippen LogP contribution in [-0.2, 0) is 0 Å². The van der Waals surface area contributed by atoms with Crippen LogP contribution in [0, 0.1) is 5.92 Å². The molecule has 0 radical (unpaired) electrons. The van der Waals surface area contributed by atoms with Gasteiger partial charge < -0.3 is 20.4 Å². The molecule has 0 unspecified atom stereocenters. The minimum absolute atomic E-state index is 0.165. The number of amides is 1. The van der Waals surface area contributed by atoms with E-state index in [0.29, 0.717) is 28.8 Å². The normalized spacial score (nSPS) is 17.7. The summed E-state index contributed by atoms with van der Waals surface area (Å²) < 4.78 is 8.07. The van der Waals surface area contributed by atoms with E-state index in [1.165, 1.54) is 23.2 Å². The van der Waals surface area contributed by atoms with Crippen LogP contribution in [0.3, 0.4) is 0 Å². The molecular formula is C21H22N8O3. The molecular weight excluding hydrogens is 412 g/mol. The lowest BCUT2D eigenvalue weighted by molar-refractivity contribution is 0.0886. The Balaban J connectivity index is 1.50. The van der Waals surface area contributed by atoms with Crippen molar-refractivity contribution in [2.45, 2.75) is 25.8 Å². The minimum atomic E-state index is -0.354. The molecule has 2 atom stereocenters. The molecule has 32 heavy (non-hydrogen) atoms. The van der Waals surface area contributed by atoms with Gasteiger partial charge in [0.05, 0.1) is 12.4 Å². The Morgan fingerprint density at radius 2 is 2.19 bits per heavy atom. The molecule has 0 aliphatic heterocycles. The lowest BCUT2D eigenvalue weighted by Gasteiger charge is -2.34. The quantitative estimate of drug-likeness (QED) is 0.421. The first-order valence-corrected chi connectivity index (χ1v) is 10.3. The predicted molar refractivity (Wildman–Crippen MR) is 118 cm³/mol. The Bertz CT molecular complexity index is 1340. The number of anilines is 3. The second-order valence-electron chi connectivity index (χ2n) is 7.74. The maximum absolute atomic E-state index is 12.9. The summed E-state index contributed by atoms with van der Waals surface area (Å²) in [5, 5.41) is 13.5. The summed E-state index contributed by atoms with van der Waals surface area (Å²) >= 11 is 0. The highest BCUT2D eigenvalue weighted by molar-refractivity contribution is 6.00. The summed E-state index contributed by atoms with van der Waals surface area (Å²) in [6.45, 7) is 2.12. The van der Waals surface area contributed by atoms with E-state index < -0.39 is 0 Å². The predicted octanol–water partition coefficient (Wildman–Crippen LogP) is 2.18. The Labute approximate surface area is 182 Å². The molecule has 0 bridgehead atoms. The molecule has 3 N–H and O–H groups in total. The van der Waals surface area contributed by atoms with Crippen LogP contribution >= 0.6 is 0 Å². The fourth-order valence-corrected chi connectivity index (χ4v) is 3.71. The molecule has 4 aromatic heterocycles. The standard InChI is InChI=1S/C21H22N8O3/c1-12-5-6-14(12)26-19(30)13-11-24-29-17(22-2)10-16(27-18(13)29)25-15-4-3-8-28(20(15)31)21-23-7-9-32-21/h3-4,7-12,14,22H,5-6H2,1-2H3,(H,25,27)(H,26,30)/t12-,14+/m1/s1. The Morgan fingerprint density at radius 3 is 2.88 bits per heavy atom. The summed E-state index contributed by atoms with van der Waals surface area (Å²) in [7, 11) is 1.74. The number of rotatable bonds is 6. The molecule has 1 aliphatic carbocycles. The Morgan fingerprint density at radius 1 is 1.31 bits per heavy atom. The molecule has 5 rings (SSSR count). The molecule has 1 saturated carbocycles. The summed E-state index contributed by atoms with van der Waals surface area (Å²) in [5.74, 6) is 1.24. The summed E-state index contributed by atoms with van der Waals surface area (Å²) in [6.07, 6.45) is 8.01. The molecule has 11 nitrogen and oxygen atoms in total. The van der Waals surface area contributed by atoms with Gasteiger partial charge in [0.1, 0.15) is 29.1 Å². The number of nitrogens with one attached hydrogen (secondary N) is 3. The van der Waals surface area contributed by atoms with E-state index in [9.17, 15) is 9.59 Å². The van der Waals surface area contributed by atoms with Gasteiger partial charge >= 0.3 is 6.01 Å². The van der Waals surface area contributed by atoms with Gasteiger partial charge in [-0.3, -0.25) is 9.59 Å². The first-order valence-electron chi connectivity index (χ1n) is 10.3. The Hall–Kier alpha value is -4.15. The van der Waals surface area contributed by atoms with Gasteiger partial charge in [0, 0.05) is 25.4 Å². The van der Waals surface area contributed by atoms with Gasteiger partial charge in [0.15, 0.2) is 5.65 Å². The number of oxazole rings is 1. The monoisotopic (exact) mass is 434 g/mol. The molecule has 1 aliphatic rings. The van der Waals surface area contributed by atoms with Gasteiger partial charge in [0.25, 0.3) is 11.5 Å². The lowest BCUT2D eigenvalue weighted by atomic mass is 9.81. The highest BCUT2D eigenvalue weighted by atomic mass is 16.4. The van der Waals surface area contributed by atoms with Crippen molar-refractivity contribution in [2.24, 2.45) is 5.92 Å². The van der Waals surface area contributed by atoms with Crippen LogP contribution in [0.1, 0.15) is 30.1 Å². The van der Waals surface area contributed by atoms with Gasteiger partial charge in [0.2, 0.25) is 0 Å². The number of carbonyl (C=O) groups excluding carboxylic acids is 1. The second-order valence-corrected chi connectivity index (χ2v) is 7.74. The van der Waals surface area contributed by atoms with Crippen molar-refractivity contribution in [1.29, 1.82) is 0 Å². The maximum atomic E-state index is 12.9. The van der Waals surface area contributed by atoms with Crippen LogP contribution in [0.4, 0.5) is 17.3 Å². The van der Waals surface area contributed by atoms with Gasteiger partial charge in [-0.05, 0) is 30.9 Å². The fourth-order valence-electron chi connectivity index (χ4n) is 3.71. The van der Waals surface area contributed by atoms with E-state index in [2.05, 4.69) is 37.9 Å². The van der Waals surface area contributed by atoms with Crippen LogP contribution in [0.15, 0.2) is 52.3 Å². The van der Waals surface area contributed by atoms with Crippen molar-refractivity contribution < 1.29 is 9.21 Å². The third-order valence-corrected chi connectivity index (χ3v) is 5.74. The average molecular weight is 434 g/mol. The molecule has 11 heteroatoms. The van der Waals surface area contributed by atoms with Crippen LogP contribution < -0.4 is 21.5 Å². The van der Waals surface area contributed by atoms with Crippen LogP contribution in [0.2, 0.25) is 0 Å². The molecule has 4 aromatic rings. The lowest BCUT2D eigenvalue weighted by Crippen LogP contribution is -2.45. The number of hydrogen-bond donors (Lipinski definition) is 3. The molecule has 0 aromatic carbocycles. The van der Waals surface area contributed by atoms with Crippen LogP contribution in [-0.4, -0.2) is 43.1 Å². The zero-order valence-corrected chi connectivity index (χ0v) is 17.6. The van der Waals surface area contributed by atoms with Crippen molar-refractivity contribution in [3.63, 3.8) is 0 Å². The average Bonchev–Trinajstić information content (AvgIpc) is 3.47. The van der Waals surface area contributed by atoms with Gasteiger partial charge in [-0.15, -0.1) is 0 Å². The van der Waals surface area contributed by atoms with Crippen molar-refractivity contribution in [1.82, 2.24) is 29.5 Å². The van der Waals surface area contributed by atoms with E-state index >= 15 is 0 Å². The minimum Gasteiger partial charge on any atom is -0.432 e. The summed E-state index contributed by atoms with van der Waals surface area (Å²) in [6, 6.07) is 5.37. The van der Waals surface area contributed by atoms with E-state index in [-0.39, 0.29) is 29.2 Å². The first kappa shape index (κ1) is 19.8. The maximum Gasteiger partial charge on any atom is 0.308 e. The molecule has 164 valence electrons. The van der Waals surface area contributed by atoms with Crippen molar-refractivity contribution in [3.05, 3.63) is 59.0 Å². The third-order valence-electron chi connectivity index (χ3n) is 5.74. The van der Waals surface area contributed by atoms with Gasteiger partial charge in [-0.1, -0.05) is 6.92 Å². The highest BCUT2D eigenvalue weighted by Gasteiger charge is 2.29. The molecule has 4 heterocycles. The molecule has 1 fully saturated rings. The number of aromatic nitrogens is 5. The summed E-state index contributed by atoms with van der Waals surface area (Å²) in [4.78, 5) is 34.3. The smallest absolute Gasteiger partial charge is 0.308 e. The largest absolute Gasteiger partial charge is 0.432 e. The van der Waals surface area contributed by atoms with Crippen molar-refractivity contribution in [2.75, 3.05) is 17.7 Å². The third kappa shape index (κ3) is 3.37. The zero-order chi connectivity index (χ0) is 22.2. The molecule has 1 amide bonds. The van der Waals surface area contributed by atoms with E-state index in [1.807, 2.05) is 0 Å². The van der Waals surface area contributed by atoms with Gasteiger partial charge in [-0.2, -0.15) is 9.61 Å². The Kier molecular flexibility index (Phi) is 4.85. The summed E-state index contributed by atoms with van der Waals surface area (Å²) in [5.41, 5.74) is 0.675. The second kappa shape index (κ2) is 7.84. The zero-order valence-electron chi connectivity index (χ0n) is 17.6. The topological polar surface area (TPSA) is 131 Å². The van der Waals surface area contributed by atoms with E-state index in [4.69, 9.17) is 4.42 Å². The number of pyridine rings is 1. The number of carbonyl (C=O) groups is 1. The number of hydrogen-bond acceptors (Lipinski definition) is 8. The first-order chi connectivity index (χ1) is 15.5. The highest BCUT2D eigenvalue weighted by Crippen LogP contribution is 2.27. The number of fused-ring (bicyclic) bond motifs is 1. The fraction of sp³-hybridized carbons (Fsp3) is 0.286. The SMILES string of the molecule is CNc1cc(Nc2cccn(-c3ncco3)c2=O)nc2c(C(=O)N[C@H]3CC[C@H]3C)cnn12. The van der Waals surface area contributed by atoms with Crippen molar-refractivity contribution >= 4 is 28.9 Å². The van der Waals surface area contributed by atoms with Crippen LogP contribution in [0.25, 0.3) is 11.7 Å². The van der Waals surface area contributed by atoms with Gasteiger partial charge in [-0.25, -0.2) is 14.5 Å². The number of nitrogens with zero attached hydrogens (tertiary/aromatic N) is 5. The van der Waals surface area contributed by atoms with Crippen LogP contribution in [0.5, 0.6) is 0 Å².